The first-order chi connectivity index (χ1) is 4.04. The van der Waals surface area contributed by atoms with Crippen LogP contribution in [0.3, 0.4) is 0 Å². The van der Waals surface area contributed by atoms with Gasteiger partial charge in [-0.15, -0.1) is 0 Å². The molecule has 0 fully saturated rings. The van der Waals surface area contributed by atoms with Gasteiger partial charge in [-0.05, 0) is 0 Å². The SMILES string of the molecule is CC(=O)OC(=O)C(C)=O.[BiH3]. The van der Waals surface area contributed by atoms with Gasteiger partial charge in [0.05, 0.1) is 0 Å². The van der Waals surface area contributed by atoms with E-state index in [2.05, 4.69) is 4.74 Å². The first kappa shape index (κ1) is 12.4. The maximum absolute atomic E-state index is 10.2. The van der Waals surface area contributed by atoms with Crippen molar-refractivity contribution in [1.82, 2.24) is 0 Å². The van der Waals surface area contributed by atoms with Crippen molar-refractivity contribution in [1.29, 1.82) is 0 Å². The number of hydrogen-bond donors (Lipinski definition) is 0. The fourth-order valence-corrected chi connectivity index (χ4v) is 0.202. The van der Waals surface area contributed by atoms with Gasteiger partial charge in [0.15, 0.2) is 0 Å². The van der Waals surface area contributed by atoms with Gasteiger partial charge in [-0.3, -0.25) is 9.59 Å². The molecule has 0 aromatic rings. The fourth-order valence-electron chi connectivity index (χ4n) is 0.202. The number of carbonyl (C=O) groups is 3. The van der Waals surface area contributed by atoms with Gasteiger partial charge in [-0.2, -0.15) is 0 Å². The third kappa shape index (κ3) is 5.82. The summed E-state index contributed by atoms with van der Waals surface area (Å²) in [6, 6.07) is 0. The molecule has 0 bridgehead atoms. The standard InChI is InChI=1S/C5H6O4.Bi.3H/c1-3(6)5(8)9-4(2)7;;;;/h1-2H3;;;;. The first-order valence-electron chi connectivity index (χ1n) is 2.27. The molecule has 0 aliphatic heterocycles. The van der Waals surface area contributed by atoms with Crippen LogP contribution in [0, 0.1) is 0 Å². The molecule has 0 aromatic carbocycles. The predicted octanol–water partition coefficient (Wildman–Crippen LogP) is -1.52. The normalized spacial score (nSPS) is 7.40. The zero-order chi connectivity index (χ0) is 7.44. The molecule has 0 N–H and O–H groups in total. The first-order valence-corrected chi connectivity index (χ1v) is 2.27. The molecule has 0 unspecified atom stereocenters. The molecule has 0 aliphatic carbocycles. The van der Waals surface area contributed by atoms with Gasteiger partial charge in [0, 0.05) is 13.8 Å². The summed E-state index contributed by atoms with van der Waals surface area (Å²) in [5, 5.41) is 0. The molecule has 0 aromatic heterocycles. The van der Waals surface area contributed by atoms with Crippen molar-refractivity contribution in [3.63, 3.8) is 0 Å². The van der Waals surface area contributed by atoms with Crippen LogP contribution < -0.4 is 0 Å². The molecule has 0 rings (SSSR count). The molecule has 58 valence electrons. The van der Waals surface area contributed by atoms with Crippen LogP contribution in [-0.2, 0) is 19.1 Å². The van der Waals surface area contributed by atoms with Crippen molar-refractivity contribution in [3.05, 3.63) is 0 Å². The van der Waals surface area contributed by atoms with Gasteiger partial charge >= 0.3 is 38.1 Å². The van der Waals surface area contributed by atoms with Gasteiger partial charge in [-0.25, -0.2) is 4.79 Å². The van der Waals surface area contributed by atoms with Crippen molar-refractivity contribution in [2.45, 2.75) is 13.8 Å². The third-order valence-corrected chi connectivity index (χ3v) is 0.524. The van der Waals surface area contributed by atoms with Crippen molar-refractivity contribution in [3.8, 4) is 0 Å². The number of ketones is 1. The monoisotopic (exact) mass is 342 g/mol. The zero-order valence-electron chi connectivity index (χ0n) is 5.84. The Morgan fingerprint density at radius 3 is 1.60 bits per heavy atom. The molecule has 0 spiro atoms. The predicted molar refractivity (Wildman–Crippen MR) is 37.4 cm³/mol. The van der Waals surface area contributed by atoms with E-state index in [0.29, 0.717) is 0 Å². The van der Waals surface area contributed by atoms with E-state index in [1.165, 1.54) is 0 Å². The van der Waals surface area contributed by atoms with Crippen LogP contribution in [0.15, 0.2) is 0 Å². The average Bonchev–Trinajstić information content (AvgIpc) is 1.63. The van der Waals surface area contributed by atoms with Crippen LogP contribution in [0.2, 0.25) is 0 Å². The second kappa shape index (κ2) is 5.48. The summed E-state index contributed by atoms with van der Waals surface area (Å²) < 4.78 is 3.88. The molecular weight excluding hydrogens is 333 g/mol. The Labute approximate surface area is 77.0 Å². The molecular formula is C5H9BiO4. The molecule has 0 saturated heterocycles. The van der Waals surface area contributed by atoms with E-state index in [-0.39, 0.29) is 26.2 Å². The zero-order valence-corrected chi connectivity index (χ0v) is 11.3. The Morgan fingerprint density at radius 2 is 1.50 bits per heavy atom. The molecule has 0 atom stereocenters. The van der Waals surface area contributed by atoms with Gasteiger partial charge in [0.25, 0.3) is 0 Å². The molecule has 4 nitrogen and oxygen atoms in total. The van der Waals surface area contributed by atoms with Gasteiger partial charge in [0.2, 0.25) is 5.78 Å². The van der Waals surface area contributed by atoms with Crippen LogP contribution >= 0.6 is 0 Å². The topological polar surface area (TPSA) is 60.4 Å². The minimum atomic E-state index is -1.11. The Hall–Kier alpha value is -0.307. The molecule has 0 aliphatic rings. The number of rotatable bonds is 1. The Morgan fingerprint density at radius 1 is 1.10 bits per heavy atom. The van der Waals surface area contributed by atoms with Crippen molar-refractivity contribution in [2.75, 3.05) is 0 Å². The fraction of sp³-hybridized carbons (Fsp3) is 0.400. The number of hydrogen-bond acceptors (Lipinski definition) is 4. The summed E-state index contributed by atoms with van der Waals surface area (Å²) in [6.45, 7) is 2.09. The van der Waals surface area contributed by atoms with Crippen molar-refractivity contribution >= 4 is 43.9 Å². The van der Waals surface area contributed by atoms with E-state index < -0.39 is 17.7 Å². The minimum absolute atomic E-state index is 0. The van der Waals surface area contributed by atoms with Crippen LogP contribution in [-0.4, -0.2) is 43.9 Å². The van der Waals surface area contributed by atoms with E-state index in [0.717, 1.165) is 13.8 Å². The quantitative estimate of drug-likeness (QED) is 0.251. The number of carbonyl (C=O) groups excluding carboxylic acids is 3. The molecule has 5 heteroatoms. The summed E-state index contributed by atoms with van der Waals surface area (Å²) in [7, 11) is 0. The van der Waals surface area contributed by atoms with E-state index in [4.69, 9.17) is 0 Å². The van der Waals surface area contributed by atoms with Gasteiger partial charge < -0.3 is 4.74 Å². The van der Waals surface area contributed by atoms with Crippen LogP contribution in [0.4, 0.5) is 0 Å². The average molecular weight is 342 g/mol. The van der Waals surface area contributed by atoms with E-state index in [9.17, 15) is 14.4 Å². The van der Waals surface area contributed by atoms with Crippen molar-refractivity contribution in [2.24, 2.45) is 0 Å². The summed E-state index contributed by atoms with van der Waals surface area (Å²) in [5.41, 5.74) is 0. The molecule has 0 radical (unpaired) electrons. The Balaban J connectivity index is 0. The number of esters is 2. The third-order valence-electron chi connectivity index (χ3n) is 0.524. The second-order valence-electron chi connectivity index (χ2n) is 1.44. The second-order valence-corrected chi connectivity index (χ2v) is 1.44. The molecule has 10 heavy (non-hydrogen) atoms. The van der Waals surface area contributed by atoms with Crippen LogP contribution in [0.25, 0.3) is 0 Å². The van der Waals surface area contributed by atoms with E-state index in [1.807, 2.05) is 0 Å². The molecule has 0 heterocycles. The van der Waals surface area contributed by atoms with E-state index in [1.54, 1.807) is 0 Å². The summed E-state index contributed by atoms with van der Waals surface area (Å²) in [6.07, 6.45) is 0. The van der Waals surface area contributed by atoms with E-state index >= 15 is 0 Å². The molecule has 0 amide bonds. The summed E-state index contributed by atoms with van der Waals surface area (Å²) >= 11 is 0. The summed E-state index contributed by atoms with van der Waals surface area (Å²) in [4.78, 5) is 30.2. The maximum atomic E-state index is 10.2. The Bertz CT molecular complexity index is 163. The Kier molecular flexibility index (Phi) is 6.78. The van der Waals surface area contributed by atoms with Crippen LogP contribution in [0.5, 0.6) is 0 Å². The van der Waals surface area contributed by atoms with Gasteiger partial charge in [0.1, 0.15) is 0 Å². The number of Topliss-reactive ketones (excluding diaryl/α,β-unsaturated/α-hetero) is 1. The molecule has 0 saturated carbocycles. The van der Waals surface area contributed by atoms with Crippen molar-refractivity contribution < 1.29 is 19.1 Å². The van der Waals surface area contributed by atoms with Crippen LogP contribution in [0.1, 0.15) is 13.8 Å². The number of ether oxygens (including phenoxy) is 1. The summed E-state index contributed by atoms with van der Waals surface area (Å²) in [5.74, 6) is -2.65. The van der Waals surface area contributed by atoms with Gasteiger partial charge in [-0.1, -0.05) is 0 Å².